The molecule has 0 heterocycles. The fraction of sp³-hybridized carbons (Fsp3) is 0.355. The lowest BCUT2D eigenvalue weighted by atomic mass is 10.1. The Morgan fingerprint density at radius 2 is 1.52 bits per heavy atom. The highest BCUT2D eigenvalue weighted by Crippen LogP contribution is 2.36. The third-order valence-electron chi connectivity index (χ3n) is 6.92. The molecule has 2 atom stereocenters. The van der Waals surface area contributed by atoms with Crippen LogP contribution in [0.4, 0.5) is 5.69 Å². The van der Waals surface area contributed by atoms with Gasteiger partial charge in [0.15, 0.2) is 0 Å². The molecule has 0 radical (unpaired) electrons. The molecule has 10 nitrogen and oxygen atoms in total. The van der Waals surface area contributed by atoms with Gasteiger partial charge in [0.05, 0.1) is 31.9 Å². The Morgan fingerprint density at radius 3 is 2.14 bits per heavy atom. The highest BCUT2D eigenvalue weighted by molar-refractivity contribution is 7.92. The summed E-state index contributed by atoms with van der Waals surface area (Å²) in [5.41, 5.74) is 0.828. The molecule has 0 aromatic heterocycles. The Morgan fingerprint density at radius 1 is 0.857 bits per heavy atom. The molecule has 11 heteroatoms. The van der Waals surface area contributed by atoms with Gasteiger partial charge in [-0.15, -0.1) is 0 Å². The number of amides is 2. The van der Waals surface area contributed by atoms with Crippen LogP contribution in [0.5, 0.6) is 17.2 Å². The van der Waals surface area contributed by atoms with Crippen molar-refractivity contribution in [1.82, 2.24) is 10.2 Å². The average molecular weight is 598 g/mol. The molecule has 0 aliphatic rings. The molecule has 42 heavy (non-hydrogen) atoms. The lowest BCUT2D eigenvalue weighted by molar-refractivity contribution is -0.139. The van der Waals surface area contributed by atoms with Gasteiger partial charge in [0, 0.05) is 18.7 Å². The van der Waals surface area contributed by atoms with E-state index in [1.165, 1.54) is 44.4 Å². The van der Waals surface area contributed by atoms with Crippen LogP contribution in [0.25, 0.3) is 0 Å². The number of benzene rings is 3. The van der Waals surface area contributed by atoms with Crippen LogP contribution in [-0.4, -0.2) is 65.1 Å². The predicted octanol–water partition coefficient (Wildman–Crippen LogP) is 4.24. The van der Waals surface area contributed by atoms with Gasteiger partial charge >= 0.3 is 0 Å². The number of anilines is 1. The van der Waals surface area contributed by atoms with Gasteiger partial charge in [0.25, 0.3) is 10.0 Å². The van der Waals surface area contributed by atoms with Gasteiger partial charge in [-0.1, -0.05) is 37.3 Å². The largest absolute Gasteiger partial charge is 0.497 e. The standard InChI is InChI=1S/C31H39N3O7S/c1-7-22(2)32-31(36)23(3)33(20-24-12-11-13-25(18-24)39-4)30(35)21-34(42(37,38)27-14-9-8-10-15-27)28-19-26(40-5)16-17-29(28)41-6/h8-19,22-23H,7,20-21H2,1-6H3,(H,32,36)/t22-,23+/m1/s1. The summed E-state index contributed by atoms with van der Waals surface area (Å²) in [7, 11) is 0.149. The van der Waals surface area contributed by atoms with Crippen molar-refractivity contribution >= 4 is 27.5 Å². The van der Waals surface area contributed by atoms with Gasteiger partial charge in [0.2, 0.25) is 11.8 Å². The Labute approximate surface area is 248 Å². The second kappa shape index (κ2) is 14.6. The second-order valence-electron chi connectivity index (χ2n) is 9.73. The number of hydrogen-bond donors (Lipinski definition) is 1. The lowest BCUT2D eigenvalue weighted by Gasteiger charge is -2.33. The minimum atomic E-state index is -4.26. The Bertz CT molecular complexity index is 1460. The van der Waals surface area contributed by atoms with Gasteiger partial charge in [0.1, 0.15) is 29.8 Å². The average Bonchev–Trinajstić information content (AvgIpc) is 3.01. The number of carbonyl (C=O) groups excluding carboxylic acids is 2. The molecule has 0 unspecified atom stereocenters. The Hall–Kier alpha value is -4.25. The predicted molar refractivity (Wildman–Crippen MR) is 161 cm³/mol. The molecule has 1 N–H and O–H groups in total. The van der Waals surface area contributed by atoms with Crippen LogP contribution < -0.4 is 23.8 Å². The molecule has 3 rings (SSSR count). The third-order valence-corrected chi connectivity index (χ3v) is 8.69. The Kier molecular flexibility index (Phi) is 11.2. The van der Waals surface area contributed by atoms with Crippen molar-refractivity contribution in [2.24, 2.45) is 0 Å². The topological polar surface area (TPSA) is 114 Å². The first-order chi connectivity index (χ1) is 20.0. The first-order valence-corrected chi connectivity index (χ1v) is 15.0. The van der Waals surface area contributed by atoms with Crippen molar-refractivity contribution in [3.05, 3.63) is 78.4 Å². The molecule has 0 saturated carbocycles. The van der Waals surface area contributed by atoms with Crippen LogP contribution in [0.15, 0.2) is 77.7 Å². The maximum absolute atomic E-state index is 14.2. The maximum Gasteiger partial charge on any atom is 0.264 e. The van der Waals surface area contributed by atoms with Gasteiger partial charge in [-0.05, 0) is 62.2 Å². The highest BCUT2D eigenvalue weighted by Gasteiger charge is 2.34. The highest BCUT2D eigenvalue weighted by atomic mass is 32.2. The van der Waals surface area contributed by atoms with Crippen molar-refractivity contribution in [3.8, 4) is 17.2 Å². The number of hydrogen-bond acceptors (Lipinski definition) is 7. The summed E-state index contributed by atoms with van der Waals surface area (Å²) in [6, 6.07) is 18.6. The molecule has 0 spiro atoms. The van der Waals surface area contributed by atoms with E-state index in [0.29, 0.717) is 23.5 Å². The Balaban J connectivity index is 2.11. The summed E-state index contributed by atoms with van der Waals surface area (Å²) >= 11 is 0. The summed E-state index contributed by atoms with van der Waals surface area (Å²) in [5.74, 6) is 0.253. The first kappa shape index (κ1) is 32.3. The zero-order chi connectivity index (χ0) is 30.9. The minimum absolute atomic E-state index is 0.00965. The number of ether oxygens (including phenoxy) is 3. The van der Waals surface area contributed by atoms with E-state index in [9.17, 15) is 18.0 Å². The van der Waals surface area contributed by atoms with E-state index in [-0.39, 0.29) is 34.8 Å². The van der Waals surface area contributed by atoms with Crippen LogP contribution >= 0.6 is 0 Å². The lowest BCUT2D eigenvalue weighted by Crippen LogP contribution is -2.52. The summed E-state index contributed by atoms with van der Waals surface area (Å²) < 4.78 is 45.3. The second-order valence-corrected chi connectivity index (χ2v) is 11.6. The number of nitrogens with one attached hydrogen (secondary N) is 1. The number of sulfonamides is 1. The van der Waals surface area contributed by atoms with Crippen LogP contribution in [0, 0.1) is 0 Å². The van der Waals surface area contributed by atoms with Gasteiger partial charge in [-0.3, -0.25) is 13.9 Å². The quantitative estimate of drug-likeness (QED) is 0.296. The zero-order valence-electron chi connectivity index (χ0n) is 24.9. The van der Waals surface area contributed by atoms with E-state index < -0.39 is 28.5 Å². The van der Waals surface area contributed by atoms with Crippen molar-refractivity contribution in [2.45, 2.75) is 50.7 Å². The van der Waals surface area contributed by atoms with E-state index >= 15 is 0 Å². The van der Waals surface area contributed by atoms with Crippen LogP contribution in [-0.2, 0) is 26.2 Å². The van der Waals surface area contributed by atoms with Crippen LogP contribution in [0.1, 0.15) is 32.8 Å². The molecule has 0 fully saturated rings. The molecule has 2 amide bonds. The number of carbonyl (C=O) groups is 2. The van der Waals surface area contributed by atoms with E-state index in [0.717, 1.165) is 4.31 Å². The molecular weight excluding hydrogens is 558 g/mol. The molecule has 0 bridgehead atoms. The summed E-state index contributed by atoms with van der Waals surface area (Å²) in [6.45, 7) is 4.88. The van der Waals surface area contributed by atoms with E-state index in [4.69, 9.17) is 14.2 Å². The molecule has 0 aliphatic heterocycles. The van der Waals surface area contributed by atoms with E-state index in [2.05, 4.69) is 5.32 Å². The van der Waals surface area contributed by atoms with Crippen LogP contribution in [0.3, 0.4) is 0 Å². The van der Waals surface area contributed by atoms with Gasteiger partial charge in [-0.25, -0.2) is 8.42 Å². The SMILES string of the molecule is CC[C@@H](C)NC(=O)[C@H](C)N(Cc1cccc(OC)c1)C(=O)CN(c1cc(OC)ccc1OC)S(=O)(=O)c1ccccc1. The normalized spacial score (nSPS) is 12.5. The summed E-state index contributed by atoms with van der Waals surface area (Å²) in [5, 5.41) is 2.92. The maximum atomic E-state index is 14.2. The molecule has 0 aliphatic carbocycles. The molecular formula is C31H39N3O7S. The third kappa shape index (κ3) is 7.73. The number of methoxy groups -OCH3 is 3. The molecule has 3 aromatic carbocycles. The number of rotatable bonds is 14. The summed E-state index contributed by atoms with van der Waals surface area (Å²) in [6.07, 6.45) is 0.709. The fourth-order valence-electron chi connectivity index (χ4n) is 4.24. The number of nitrogens with zero attached hydrogens (tertiary/aromatic N) is 2. The smallest absolute Gasteiger partial charge is 0.264 e. The molecule has 226 valence electrons. The fourth-order valence-corrected chi connectivity index (χ4v) is 5.68. The van der Waals surface area contributed by atoms with Gasteiger partial charge in [-0.2, -0.15) is 0 Å². The van der Waals surface area contributed by atoms with Crippen molar-refractivity contribution in [3.63, 3.8) is 0 Å². The van der Waals surface area contributed by atoms with E-state index in [1.54, 1.807) is 55.5 Å². The molecule has 3 aromatic rings. The van der Waals surface area contributed by atoms with Crippen molar-refractivity contribution in [2.75, 3.05) is 32.2 Å². The monoisotopic (exact) mass is 597 g/mol. The first-order valence-electron chi connectivity index (χ1n) is 13.6. The van der Waals surface area contributed by atoms with Gasteiger partial charge < -0.3 is 24.4 Å². The molecule has 0 saturated heterocycles. The van der Waals surface area contributed by atoms with Crippen molar-refractivity contribution < 1.29 is 32.2 Å². The van der Waals surface area contributed by atoms with Crippen molar-refractivity contribution in [1.29, 1.82) is 0 Å². The minimum Gasteiger partial charge on any atom is -0.497 e. The zero-order valence-corrected chi connectivity index (χ0v) is 25.7. The van der Waals surface area contributed by atoms with Crippen LogP contribution in [0.2, 0.25) is 0 Å². The van der Waals surface area contributed by atoms with E-state index in [1.807, 2.05) is 19.9 Å². The summed E-state index contributed by atoms with van der Waals surface area (Å²) in [4.78, 5) is 28.7.